The topological polar surface area (TPSA) is 86.9 Å². The van der Waals surface area contributed by atoms with E-state index in [1.165, 1.54) is 29.5 Å². The Bertz CT molecular complexity index is 1550. The van der Waals surface area contributed by atoms with Crippen molar-refractivity contribution >= 4 is 55.6 Å². The van der Waals surface area contributed by atoms with Gasteiger partial charge in [0, 0.05) is 44.8 Å². The van der Waals surface area contributed by atoms with Crippen LogP contribution in [-0.4, -0.2) is 21.8 Å². The molecule has 0 atom stereocenters. The first-order chi connectivity index (χ1) is 16.3. The average molecular weight is 480 g/mol. The van der Waals surface area contributed by atoms with Crippen molar-refractivity contribution < 1.29 is 22.8 Å². The van der Waals surface area contributed by atoms with Gasteiger partial charge in [-0.25, -0.2) is 4.98 Å². The number of benzene rings is 2. The minimum absolute atomic E-state index is 0.126. The number of fused-ring (bicyclic) bond motifs is 3. The van der Waals surface area contributed by atoms with Crippen LogP contribution < -0.4 is 10.6 Å². The Kier molecular flexibility index (Phi) is 5.29. The van der Waals surface area contributed by atoms with Crippen molar-refractivity contribution in [2.24, 2.45) is 0 Å². The highest BCUT2D eigenvalue weighted by Gasteiger charge is 2.30. The predicted molar refractivity (Wildman–Crippen MR) is 125 cm³/mol. The van der Waals surface area contributed by atoms with Crippen molar-refractivity contribution in [1.29, 1.82) is 0 Å². The van der Waals surface area contributed by atoms with Gasteiger partial charge >= 0.3 is 6.18 Å². The van der Waals surface area contributed by atoms with Crippen LogP contribution in [0.25, 0.3) is 21.1 Å². The van der Waals surface area contributed by atoms with Crippen molar-refractivity contribution in [2.45, 2.75) is 6.18 Å². The number of carbonyl (C=O) groups excluding carboxylic acids is 2. The van der Waals surface area contributed by atoms with Crippen LogP contribution >= 0.6 is 11.3 Å². The second-order valence-corrected chi connectivity index (χ2v) is 8.51. The van der Waals surface area contributed by atoms with Gasteiger partial charge in [-0.1, -0.05) is 12.1 Å². The lowest BCUT2D eigenvalue weighted by atomic mass is 10.1. The first-order valence-corrected chi connectivity index (χ1v) is 10.9. The van der Waals surface area contributed by atoms with Crippen molar-refractivity contribution in [3.63, 3.8) is 0 Å². The van der Waals surface area contributed by atoms with Gasteiger partial charge in [-0.2, -0.15) is 13.2 Å². The zero-order valence-corrected chi connectivity index (χ0v) is 18.1. The molecular weight excluding hydrogens is 465 g/mol. The summed E-state index contributed by atoms with van der Waals surface area (Å²) in [5.74, 6) is -1.02. The molecule has 0 spiro atoms. The first kappa shape index (κ1) is 21.7. The Morgan fingerprint density at radius 2 is 1.65 bits per heavy atom. The van der Waals surface area contributed by atoms with Crippen LogP contribution in [-0.2, 0) is 6.18 Å². The first-order valence-electron chi connectivity index (χ1n) is 10.0. The third kappa shape index (κ3) is 4.23. The number of nitrogens with one attached hydrogen (secondary N) is 3. The highest BCUT2D eigenvalue weighted by molar-refractivity contribution is 7.21. The van der Waals surface area contributed by atoms with Gasteiger partial charge in [0.1, 0.15) is 5.65 Å². The van der Waals surface area contributed by atoms with Crippen molar-refractivity contribution in [3.05, 3.63) is 89.1 Å². The molecule has 0 saturated carbocycles. The third-order valence-corrected chi connectivity index (χ3v) is 6.30. The van der Waals surface area contributed by atoms with Gasteiger partial charge < -0.3 is 15.6 Å². The lowest BCUT2D eigenvalue weighted by molar-refractivity contribution is -0.137. The number of amides is 2. The quantitative estimate of drug-likeness (QED) is 0.282. The van der Waals surface area contributed by atoms with Crippen molar-refractivity contribution in [2.75, 3.05) is 10.6 Å². The number of hydrogen-bond donors (Lipinski definition) is 3. The standard InChI is InChI=1S/C24H15F3N4O2S/c25-24(26,27)15-4-1-3-13(9-15)22(32)30-16-5-2-6-17(11-16)31-23(33)19-10-14-12-29-21-18(7-8-28-21)20(14)34-19/h1-12H,(H,28,29)(H,30,32)(H,31,33). The third-order valence-electron chi connectivity index (χ3n) is 5.12. The van der Waals surface area contributed by atoms with E-state index in [9.17, 15) is 22.8 Å². The number of halogens is 3. The normalized spacial score (nSPS) is 11.6. The zero-order valence-electron chi connectivity index (χ0n) is 17.2. The second kappa shape index (κ2) is 8.31. The van der Waals surface area contributed by atoms with Gasteiger partial charge in [0.25, 0.3) is 11.8 Å². The van der Waals surface area contributed by atoms with Crippen LogP contribution in [0.1, 0.15) is 25.6 Å². The molecule has 3 N–H and O–H groups in total. The molecule has 10 heteroatoms. The number of aromatic nitrogens is 2. The fourth-order valence-corrected chi connectivity index (χ4v) is 4.57. The molecule has 170 valence electrons. The van der Waals surface area contributed by atoms with E-state index < -0.39 is 17.6 Å². The molecule has 0 fully saturated rings. The fraction of sp³-hybridized carbons (Fsp3) is 0.0417. The summed E-state index contributed by atoms with van der Waals surface area (Å²) in [6, 6.07) is 14.2. The van der Waals surface area contributed by atoms with Gasteiger partial charge in [-0.05, 0) is 48.5 Å². The molecule has 0 aliphatic heterocycles. The lowest BCUT2D eigenvalue weighted by Crippen LogP contribution is -2.14. The number of thiophene rings is 1. The van der Waals surface area contributed by atoms with Crippen molar-refractivity contribution in [3.8, 4) is 0 Å². The van der Waals surface area contributed by atoms with Gasteiger partial charge in [-0.3, -0.25) is 9.59 Å². The SMILES string of the molecule is O=C(Nc1cccc(NC(=O)c2cc3cnc4[nH]ccc4c3s2)c1)c1cccc(C(F)(F)F)c1. The van der Waals surface area contributed by atoms with Crippen LogP contribution in [0.15, 0.2) is 73.1 Å². The summed E-state index contributed by atoms with van der Waals surface area (Å²) < 4.78 is 39.7. The maximum Gasteiger partial charge on any atom is 0.416 e. The van der Waals surface area contributed by atoms with E-state index in [1.54, 1.807) is 36.7 Å². The summed E-state index contributed by atoms with van der Waals surface area (Å²) in [4.78, 5) is 33.1. The predicted octanol–water partition coefficient (Wildman–Crippen LogP) is 6.30. The lowest BCUT2D eigenvalue weighted by Gasteiger charge is -2.10. The fourth-order valence-electron chi connectivity index (χ4n) is 3.52. The largest absolute Gasteiger partial charge is 0.416 e. The molecule has 0 unspecified atom stereocenters. The summed E-state index contributed by atoms with van der Waals surface area (Å²) in [7, 11) is 0. The Morgan fingerprint density at radius 3 is 2.41 bits per heavy atom. The Balaban J connectivity index is 1.33. The Morgan fingerprint density at radius 1 is 0.912 bits per heavy atom. The highest BCUT2D eigenvalue weighted by Crippen LogP contribution is 2.32. The van der Waals surface area contributed by atoms with Crippen LogP contribution in [0, 0.1) is 0 Å². The van der Waals surface area contributed by atoms with Gasteiger partial charge in [0.15, 0.2) is 0 Å². The number of aromatic amines is 1. The van der Waals surface area contributed by atoms with Gasteiger partial charge in [0.2, 0.25) is 0 Å². The molecule has 3 heterocycles. The van der Waals surface area contributed by atoms with Crippen LogP contribution in [0.5, 0.6) is 0 Å². The summed E-state index contributed by atoms with van der Waals surface area (Å²) in [6.07, 6.45) is -1.06. The number of rotatable bonds is 4. The van der Waals surface area contributed by atoms with Crippen LogP contribution in [0.3, 0.4) is 0 Å². The van der Waals surface area contributed by atoms with Gasteiger partial charge in [0.05, 0.1) is 10.4 Å². The molecular formula is C24H15F3N4O2S. The minimum atomic E-state index is -4.55. The molecule has 2 amide bonds. The number of alkyl halides is 3. The molecule has 2 aromatic carbocycles. The number of hydrogen-bond acceptors (Lipinski definition) is 4. The maximum absolute atomic E-state index is 12.9. The molecule has 0 saturated heterocycles. The summed E-state index contributed by atoms with van der Waals surface area (Å²) in [5.41, 5.74) is 0.463. The smallest absolute Gasteiger partial charge is 0.346 e. The van der Waals surface area contributed by atoms with E-state index in [2.05, 4.69) is 20.6 Å². The maximum atomic E-state index is 12.9. The molecule has 6 nitrogen and oxygen atoms in total. The number of carbonyl (C=O) groups is 2. The molecule has 5 aromatic rings. The molecule has 34 heavy (non-hydrogen) atoms. The highest BCUT2D eigenvalue weighted by atomic mass is 32.1. The van der Waals surface area contributed by atoms with E-state index in [-0.39, 0.29) is 11.5 Å². The number of H-pyrrole nitrogens is 1. The summed E-state index contributed by atoms with van der Waals surface area (Å²) >= 11 is 1.34. The van der Waals surface area contributed by atoms with E-state index in [4.69, 9.17) is 0 Å². The number of anilines is 2. The summed E-state index contributed by atoms with van der Waals surface area (Å²) in [5, 5.41) is 7.13. The number of pyridine rings is 1. The zero-order chi connectivity index (χ0) is 23.9. The van der Waals surface area contributed by atoms with Gasteiger partial charge in [-0.15, -0.1) is 11.3 Å². The molecule has 0 radical (unpaired) electrons. The Hall–Kier alpha value is -4.18. The molecule has 0 aliphatic rings. The van der Waals surface area contributed by atoms with Crippen LogP contribution in [0.2, 0.25) is 0 Å². The molecule has 3 aromatic heterocycles. The monoisotopic (exact) mass is 480 g/mol. The van der Waals surface area contributed by atoms with E-state index in [0.29, 0.717) is 16.3 Å². The number of nitrogens with zero attached hydrogens (tertiary/aromatic N) is 1. The summed E-state index contributed by atoms with van der Waals surface area (Å²) in [6.45, 7) is 0. The minimum Gasteiger partial charge on any atom is -0.346 e. The molecule has 0 aliphatic carbocycles. The molecule has 0 bridgehead atoms. The van der Waals surface area contributed by atoms with E-state index >= 15 is 0 Å². The Labute approximate surface area is 194 Å². The second-order valence-electron chi connectivity index (χ2n) is 7.46. The van der Waals surface area contributed by atoms with Crippen molar-refractivity contribution in [1.82, 2.24) is 9.97 Å². The van der Waals surface area contributed by atoms with E-state index in [1.807, 2.05) is 6.07 Å². The van der Waals surface area contributed by atoms with E-state index in [0.717, 1.165) is 33.3 Å². The molecule has 5 rings (SSSR count). The van der Waals surface area contributed by atoms with Crippen LogP contribution in [0.4, 0.5) is 24.5 Å². The average Bonchev–Trinajstić information content (AvgIpc) is 3.45.